The molecule has 4 rings (SSSR count). The summed E-state index contributed by atoms with van der Waals surface area (Å²) >= 11 is 5.96. The molecule has 0 radical (unpaired) electrons. The largest absolute Gasteiger partial charge is 0.479 e. The van der Waals surface area contributed by atoms with Crippen LogP contribution in [0.15, 0.2) is 48.7 Å². The van der Waals surface area contributed by atoms with Crippen LogP contribution >= 0.6 is 11.6 Å². The van der Waals surface area contributed by atoms with Gasteiger partial charge < -0.3 is 18.9 Å². The summed E-state index contributed by atoms with van der Waals surface area (Å²) in [6.07, 6.45) is 2.72. The molecule has 2 atom stereocenters. The minimum Gasteiger partial charge on any atom is -0.479 e. The van der Waals surface area contributed by atoms with Gasteiger partial charge in [-0.15, -0.1) is 0 Å². The average Bonchev–Trinajstić information content (AvgIpc) is 3.27. The maximum atomic E-state index is 12.1. The third kappa shape index (κ3) is 5.17. The van der Waals surface area contributed by atoms with Gasteiger partial charge in [-0.25, -0.2) is 14.8 Å². The van der Waals surface area contributed by atoms with Gasteiger partial charge >= 0.3 is 5.97 Å². The number of ether oxygens (including phenoxy) is 4. The maximum absolute atomic E-state index is 12.1. The van der Waals surface area contributed by atoms with E-state index in [1.807, 2.05) is 0 Å². The Labute approximate surface area is 178 Å². The fraction of sp³-hybridized carbons (Fsp3) is 0.318. The van der Waals surface area contributed by atoms with E-state index in [1.54, 1.807) is 49.4 Å². The van der Waals surface area contributed by atoms with Crippen molar-refractivity contribution in [3.63, 3.8) is 0 Å². The molecule has 30 heavy (non-hydrogen) atoms. The molecule has 0 N–H and O–H groups in total. The number of fused-ring (bicyclic) bond motifs is 1. The van der Waals surface area contributed by atoms with Crippen molar-refractivity contribution in [3.8, 4) is 17.4 Å². The smallest absolute Gasteiger partial charge is 0.347 e. The van der Waals surface area contributed by atoms with Gasteiger partial charge in [0.15, 0.2) is 6.10 Å². The molecule has 2 aromatic carbocycles. The molecule has 3 aromatic rings. The lowest BCUT2D eigenvalue weighted by atomic mass is 10.2. The molecule has 7 nitrogen and oxygen atoms in total. The number of carbonyl (C=O) groups is 1. The zero-order valence-electron chi connectivity index (χ0n) is 16.4. The van der Waals surface area contributed by atoms with Crippen LogP contribution in [0.1, 0.15) is 19.8 Å². The highest BCUT2D eigenvalue weighted by Crippen LogP contribution is 2.25. The summed E-state index contributed by atoms with van der Waals surface area (Å²) in [6.45, 7) is 2.64. The van der Waals surface area contributed by atoms with Crippen LogP contribution < -0.4 is 9.47 Å². The highest BCUT2D eigenvalue weighted by molar-refractivity contribution is 6.31. The Hall–Kier alpha value is -2.90. The van der Waals surface area contributed by atoms with Gasteiger partial charge in [-0.05, 0) is 62.2 Å². The number of nitrogens with zero attached hydrogens (tertiary/aromatic N) is 2. The first-order valence-corrected chi connectivity index (χ1v) is 10.1. The fourth-order valence-corrected chi connectivity index (χ4v) is 3.21. The molecule has 1 aliphatic rings. The van der Waals surface area contributed by atoms with E-state index in [4.69, 9.17) is 30.5 Å². The summed E-state index contributed by atoms with van der Waals surface area (Å²) in [5, 5.41) is 0.603. The number of esters is 1. The topological polar surface area (TPSA) is 79.8 Å². The van der Waals surface area contributed by atoms with Gasteiger partial charge in [0.1, 0.15) is 18.1 Å². The average molecular weight is 429 g/mol. The zero-order valence-corrected chi connectivity index (χ0v) is 17.2. The van der Waals surface area contributed by atoms with E-state index in [1.165, 1.54) is 6.20 Å². The Bertz CT molecular complexity index is 1020. The normalized spacial score (nSPS) is 16.9. The third-order valence-corrected chi connectivity index (χ3v) is 4.84. The van der Waals surface area contributed by atoms with Crippen molar-refractivity contribution in [2.45, 2.75) is 32.0 Å². The van der Waals surface area contributed by atoms with E-state index in [0.717, 1.165) is 19.4 Å². The number of halogens is 1. The molecule has 1 saturated heterocycles. The van der Waals surface area contributed by atoms with Crippen molar-refractivity contribution in [1.29, 1.82) is 0 Å². The van der Waals surface area contributed by atoms with Crippen LogP contribution in [0.4, 0.5) is 0 Å². The van der Waals surface area contributed by atoms with E-state index < -0.39 is 12.1 Å². The van der Waals surface area contributed by atoms with Crippen molar-refractivity contribution in [1.82, 2.24) is 9.97 Å². The lowest BCUT2D eigenvalue weighted by Gasteiger charge is -2.16. The summed E-state index contributed by atoms with van der Waals surface area (Å²) in [5.74, 6) is 1.05. The zero-order chi connectivity index (χ0) is 20.9. The second kappa shape index (κ2) is 9.28. The second-order valence-corrected chi connectivity index (χ2v) is 7.38. The standard InChI is InChI=1S/C22H21ClN2O5/c1-14(22(26)28-13-18-3-2-10-27-18)29-16-5-7-17(8-6-16)30-21-12-24-20-11-15(23)4-9-19(20)25-21/h4-9,11-12,14,18H,2-3,10,13H2,1H3/t14-,18+/m0/s1. The van der Waals surface area contributed by atoms with E-state index in [0.29, 0.717) is 33.4 Å². The summed E-state index contributed by atoms with van der Waals surface area (Å²) in [7, 11) is 0. The Morgan fingerprint density at radius 2 is 2.00 bits per heavy atom. The molecular formula is C22H21ClN2O5. The van der Waals surface area contributed by atoms with Gasteiger partial charge in [-0.1, -0.05) is 11.6 Å². The minimum absolute atomic E-state index is 0.00669. The molecule has 1 fully saturated rings. The van der Waals surface area contributed by atoms with Crippen LogP contribution in [0.5, 0.6) is 17.4 Å². The SMILES string of the molecule is C[C@H](Oc1ccc(Oc2cnc3cc(Cl)ccc3n2)cc1)C(=O)OC[C@H]1CCCO1. The van der Waals surface area contributed by atoms with Crippen LogP contribution in [0, 0.1) is 0 Å². The molecule has 0 amide bonds. The van der Waals surface area contributed by atoms with Gasteiger partial charge in [-0.3, -0.25) is 0 Å². The molecule has 156 valence electrons. The molecule has 2 heterocycles. The van der Waals surface area contributed by atoms with Crippen molar-refractivity contribution < 1.29 is 23.7 Å². The monoisotopic (exact) mass is 428 g/mol. The van der Waals surface area contributed by atoms with Gasteiger partial charge in [-0.2, -0.15) is 0 Å². The van der Waals surface area contributed by atoms with E-state index in [-0.39, 0.29) is 12.7 Å². The van der Waals surface area contributed by atoms with E-state index in [9.17, 15) is 4.79 Å². The van der Waals surface area contributed by atoms with Crippen molar-refractivity contribution >= 4 is 28.6 Å². The fourth-order valence-electron chi connectivity index (χ4n) is 3.04. The molecule has 1 aliphatic heterocycles. The first kappa shape index (κ1) is 20.4. The van der Waals surface area contributed by atoms with Gasteiger partial charge in [0, 0.05) is 11.6 Å². The van der Waals surface area contributed by atoms with E-state index in [2.05, 4.69) is 9.97 Å². The lowest BCUT2D eigenvalue weighted by Crippen LogP contribution is -2.29. The quantitative estimate of drug-likeness (QED) is 0.510. The highest BCUT2D eigenvalue weighted by atomic mass is 35.5. The highest BCUT2D eigenvalue weighted by Gasteiger charge is 2.21. The summed E-state index contributed by atoms with van der Waals surface area (Å²) in [4.78, 5) is 20.8. The summed E-state index contributed by atoms with van der Waals surface area (Å²) in [5.41, 5.74) is 1.38. The number of carbonyl (C=O) groups excluding carboxylic acids is 1. The van der Waals surface area contributed by atoms with Gasteiger partial charge in [0.05, 0.1) is 23.3 Å². The predicted molar refractivity (Wildman–Crippen MR) is 111 cm³/mol. The van der Waals surface area contributed by atoms with Crippen LogP contribution in [0.25, 0.3) is 11.0 Å². The number of hydrogen-bond acceptors (Lipinski definition) is 7. The van der Waals surface area contributed by atoms with Crippen molar-refractivity contribution in [2.75, 3.05) is 13.2 Å². The first-order chi connectivity index (χ1) is 14.6. The minimum atomic E-state index is -0.726. The number of aromatic nitrogens is 2. The molecule has 0 bridgehead atoms. The Morgan fingerprint density at radius 1 is 1.20 bits per heavy atom. The Morgan fingerprint density at radius 3 is 2.77 bits per heavy atom. The maximum Gasteiger partial charge on any atom is 0.347 e. The second-order valence-electron chi connectivity index (χ2n) is 6.94. The van der Waals surface area contributed by atoms with Crippen LogP contribution in [0.2, 0.25) is 5.02 Å². The van der Waals surface area contributed by atoms with Crippen molar-refractivity contribution in [3.05, 3.63) is 53.7 Å². The Kier molecular flexibility index (Phi) is 6.30. The predicted octanol–water partition coefficient (Wildman–Crippen LogP) is 4.57. The first-order valence-electron chi connectivity index (χ1n) is 9.72. The molecular weight excluding hydrogens is 408 g/mol. The number of rotatable bonds is 7. The van der Waals surface area contributed by atoms with E-state index >= 15 is 0 Å². The van der Waals surface area contributed by atoms with Gasteiger partial charge in [0.25, 0.3) is 0 Å². The van der Waals surface area contributed by atoms with Crippen LogP contribution in [0.3, 0.4) is 0 Å². The van der Waals surface area contributed by atoms with Crippen molar-refractivity contribution in [2.24, 2.45) is 0 Å². The number of hydrogen-bond donors (Lipinski definition) is 0. The number of benzene rings is 2. The Balaban J connectivity index is 1.32. The molecule has 0 spiro atoms. The van der Waals surface area contributed by atoms with Crippen LogP contribution in [-0.4, -0.2) is 41.4 Å². The molecule has 1 aromatic heterocycles. The lowest BCUT2D eigenvalue weighted by molar-refractivity contribution is -0.154. The van der Waals surface area contributed by atoms with Crippen LogP contribution in [-0.2, 0) is 14.3 Å². The summed E-state index contributed by atoms with van der Waals surface area (Å²) < 4.78 is 22.1. The third-order valence-electron chi connectivity index (χ3n) is 4.61. The summed E-state index contributed by atoms with van der Waals surface area (Å²) in [6, 6.07) is 12.2. The van der Waals surface area contributed by atoms with Gasteiger partial charge in [0.2, 0.25) is 5.88 Å². The molecule has 0 unspecified atom stereocenters. The molecule has 0 saturated carbocycles. The molecule has 0 aliphatic carbocycles. The molecule has 8 heteroatoms.